The monoisotopic (exact) mass is 568 g/mol. The molecule has 0 aliphatic heterocycles. The van der Waals surface area contributed by atoms with E-state index in [9.17, 15) is 10.5 Å². The van der Waals surface area contributed by atoms with Crippen molar-refractivity contribution in [2.75, 3.05) is 10.7 Å². The van der Waals surface area contributed by atoms with E-state index in [4.69, 9.17) is 51.1 Å². The maximum absolute atomic E-state index is 9.32. The Balaban J connectivity index is 2.64. The third kappa shape index (κ3) is 4.85. The van der Waals surface area contributed by atoms with Gasteiger partial charge in [-0.2, -0.15) is 10.5 Å². The van der Waals surface area contributed by atoms with Crippen LogP contribution in [0.3, 0.4) is 0 Å². The van der Waals surface area contributed by atoms with Crippen LogP contribution in [-0.2, 0) is 12.8 Å². The topological polar surface area (TPSA) is 56.8 Å². The molecule has 0 aromatic heterocycles. The van der Waals surface area contributed by atoms with Gasteiger partial charge in [0, 0.05) is 10.7 Å². The average molecular weight is 572 g/mol. The van der Waals surface area contributed by atoms with E-state index in [1.165, 1.54) is 12.1 Å². The fourth-order valence-electron chi connectivity index (χ4n) is 2.45. The largest absolute Gasteiger partial charge is 0.451 e. The molecule has 0 amide bonds. The summed E-state index contributed by atoms with van der Waals surface area (Å²) in [5.41, 5.74) is 1.96. The van der Waals surface area contributed by atoms with Gasteiger partial charge in [0.05, 0.1) is 43.4 Å². The Bertz CT molecular complexity index is 890. The summed E-state index contributed by atoms with van der Waals surface area (Å²) in [5.74, 6) is 0.318. The maximum Gasteiger partial charge on any atom is 0.165 e. The van der Waals surface area contributed by atoms with Crippen molar-refractivity contribution >= 4 is 78.3 Å². The Morgan fingerprint density at radius 1 is 0.778 bits per heavy atom. The molecule has 0 aliphatic rings. The molecule has 0 atom stereocenters. The molecule has 0 radical (unpaired) electrons. The average Bonchev–Trinajstić information content (AvgIpc) is 2.65. The summed E-state index contributed by atoms with van der Waals surface area (Å²) in [7, 11) is 0. The molecule has 27 heavy (non-hydrogen) atoms. The summed E-state index contributed by atoms with van der Waals surface area (Å²) < 4.78 is 5.90. The van der Waals surface area contributed by atoms with Gasteiger partial charge in [0.15, 0.2) is 11.5 Å². The number of rotatable bonds is 6. The second-order valence-electron chi connectivity index (χ2n) is 5.26. The van der Waals surface area contributed by atoms with Crippen LogP contribution >= 0.6 is 78.3 Å². The van der Waals surface area contributed by atoms with E-state index in [0.717, 1.165) is 0 Å². The summed E-state index contributed by atoms with van der Waals surface area (Å²) in [6, 6.07) is 7.14. The maximum atomic E-state index is 9.32. The van der Waals surface area contributed by atoms with Gasteiger partial charge < -0.3 is 4.74 Å². The van der Waals surface area contributed by atoms with E-state index in [1.807, 2.05) is 0 Å². The van der Waals surface area contributed by atoms with Crippen LogP contribution in [-0.4, -0.2) is 10.7 Å². The minimum atomic E-state index is 0.159. The standard InChI is InChI=1S/C18H10Br2Cl4N2O/c19-3-1-11-9(7-25)5-13(21)17(15(11)23)27-18-14(22)6-10(8-26)12(2-4-20)16(18)24/h5-6H,1-4H2. The molecule has 2 aromatic carbocycles. The second-order valence-corrected chi connectivity index (χ2v) is 8.42. The zero-order chi connectivity index (χ0) is 20.1. The molecule has 2 rings (SSSR count). The number of benzene rings is 2. The Morgan fingerprint density at radius 2 is 1.15 bits per heavy atom. The molecule has 9 heteroatoms. The second kappa shape index (κ2) is 10.2. The van der Waals surface area contributed by atoms with Crippen LogP contribution in [0.2, 0.25) is 20.1 Å². The SMILES string of the molecule is N#Cc1cc(Cl)c(Oc2c(Cl)cc(C#N)c(CCBr)c2Cl)c(Cl)c1CCBr. The van der Waals surface area contributed by atoms with Gasteiger partial charge in [0.2, 0.25) is 0 Å². The lowest BCUT2D eigenvalue weighted by Crippen LogP contribution is -2.00. The van der Waals surface area contributed by atoms with Crippen molar-refractivity contribution in [3.63, 3.8) is 0 Å². The van der Waals surface area contributed by atoms with Crippen molar-refractivity contribution in [1.29, 1.82) is 10.5 Å². The molecule has 3 nitrogen and oxygen atoms in total. The quantitative estimate of drug-likeness (QED) is 0.334. The minimum Gasteiger partial charge on any atom is -0.451 e. The molecule has 0 saturated heterocycles. The first-order valence-corrected chi connectivity index (χ1v) is 11.3. The van der Waals surface area contributed by atoms with Gasteiger partial charge in [-0.25, -0.2) is 0 Å². The lowest BCUT2D eigenvalue weighted by atomic mass is 10.0. The molecule has 140 valence electrons. The highest BCUT2D eigenvalue weighted by Crippen LogP contribution is 2.46. The molecule has 2 aromatic rings. The molecular weight excluding hydrogens is 562 g/mol. The first-order valence-electron chi connectivity index (χ1n) is 7.51. The van der Waals surface area contributed by atoms with Crippen molar-refractivity contribution in [3.05, 3.63) is 54.5 Å². The van der Waals surface area contributed by atoms with E-state index in [2.05, 4.69) is 44.0 Å². The van der Waals surface area contributed by atoms with Gasteiger partial charge in [-0.05, 0) is 36.1 Å². The van der Waals surface area contributed by atoms with Crippen LogP contribution in [0.5, 0.6) is 11.5 Å². The Hall–Kier alpha value is -0.660. The van der Waals surface area contributed by atoms with Gasteiger partial charge in [-0.15, -0.1) is 0 Å². The third-order valence-electron chi connectivity index (χ3n) is 3.69. The number of nitrogens with zero attached hydrogens (tertiary/aromatic N) is 2. The molecular formula is C18H10Br2Cl4N2O. The van der Waals surface area contributed by atoms with Gasteiger partial charge in [-0.3, -0.25) is 0 Å². The van der Waals surface area contributed by atoms with Crippen LogP contribution in [0.4, 0.5) is 0 Å². The first kappa shape index (κ1) is 22.6. The van der Waals surface area contributed by atoms with Gasteiger partial charge in [0.25, 0.3) is 0 Å². The van der Waals surface area contributed by atoms with Crippen LogP contribution in [0.1, 0.15) is 22.3 Å². The van der Waals surface area contributed by atoms with E-state index in [-0.39, 0.29) is 31.6 Å². The van der Waals surface area contributed by atoms with Gasteiger partial charge in [-0.1, -0.05) is 78.3 Å². The van der Waals surface area contributed by atoms with Gasteiger partial charge in [0.1, 0.15) is 0 Å². The molecule has 0 fully saturated rings. The number of hydrogen-bond acceptors (Lipinski definition) is 3. The van der Waals surface area contributed by atoms with E-state index in [0.29, 0.717) is 45.8 Å². The zero-order valence-corrected chi connectivity index (χ0v) is 19.7. The molecule has 0 heterocycles. The van der Waals surface area contributed by atoms with Crippen LogP contribution in [0.15, 0.2) is 12.1 Å². The predicted octanol–water partition coefficient (Wildman–Crippen LogP) is 7.71. The summed E-state index contributed by atoms with van der Waals surface area (Å²) in [5, 5.41) is 20.6. The highest BCUT2D eigenvalue weighted by Gasteiger charge is 2.22. The lowest BCUT2D eigenvalue weighted by Gasteiger charge is -2.17. The Labute approximate surface area is 194 Å². The van der Waals surface area contributed by atoms with Crippen molar-refractivity contribution in [3.8, 4) is 23.6 Å². The smallest absolute Gasteiger partial charge is 0.165 e. The Kier molecular flexibility index (Phi) is 8.56. The summed E-state index contributed by atoms with van der Waals surface area (Å²) >= 11 is 32.2. The number of ether oxygens (including phenoxy) is 1. The van der Waals surface area contributed by atoms with E-state index < -0.39 is 0 Å². The summed E-state index contributed by atoms with van der Waals surface area (Å²) in [4.78, 5) is 0. The van der Waals surface area contributed by atoms with Crippen molar-refractivity contribution in [1.82, 2.24) is 0 Å². The van der Waals surface area contributed by atoms with E-state index in [1.54, 1.807) is 0 Å². The Morgan fingerprint density at radius 3 is 1.44 bits per heavy atom. The van der Waals surface area contributed by atoms with Crippen molar-refractivity contribution in [2.24, 2.45) is 0 Å². The van der Waals surface area contributed by atoms with Crippen LogP contribution < -0.4 is 4.74 Å². The highest BCUT2D eigenvalue weighted by molar-refractivity contribution is 9.09. The number of alkyl halides is 2. The molecule has 0 spiro atoms. The molecule has 0 saturated carbocycles. The number of nitriles is 2. The van der Waals surface area contributed by atoms with Crippen molar-refractivity contribution < 1.29 is 4.74 Å². The summed E-state index contributed by atoms with van der Waals surface area (Å²) in [6.07, 6.45) is 1.03. The number of halogens is 6. The lowest BCUT2D eigenvalue weighted by molar-refractivity contribution is 0.482. The molecule has 0 unspecified atom stereocenters. The van der Waals surface area contributed by atoms with E-state index >= 15 is 0 Å². The highest BCUT2D eigenvalue weighted by atomic mass is 79.9. The molecule has 0 bridgehead atoms. The normalized spacial score (nSPS) is 10.4. The fraction of sp³-hybridized carbons (Fsp3) is 0.222. The fourth-order valence-corrected chi connectivity index (χ4v) is 4.49. The number of hydrogen-bond donors (Lipinski definition) is 0. The first-order chi connectivity index (χ1) is 12.9. The zero-order valence-electron chi connectivity index (χ0n) is 13.6. The molecule has 0 aliphatic carbocycles. The van der Waals surface area contributed by atoms with Gasteiger partial charge >= 0.3 is 0 Å². The predicted molar refractivity (Wildman–Crippen MR) is 117 cm³/mol. The minimum absolute atomic E-state index is 0.159. The van der Waals surface area contributed by atoms with Crippen LogP contribution in [0, 0.1) is 22.7 Å². The van der Waals surface area contributed by atoms with Crippen molar-refractivity contribution in [2.45, 2.75) is 12.8 Å². The van der Waals surface area contributed by atoms with Crippen LogP contribution in [0.25, 0.3) is 0 Å². The third-order valence-corrected chi connectivity index (χ3v) is 5.84. The molecule has 0 N–H and O–H groups in total. The summed E-state index contributed by atoms with van der Waals surface area (Å²) in [6.45, 7) is 0.